The lowest BCUT2D eigenvalue weighted by Crippen LogP contribution is -2.37. The van der Waals surface area contributed by atoms with Gasteiger partial charge >= 0.3 is 12.1 Å². The molecule has 0 amide bonds. The molecule has 1 heterocycles. The van der Waals surface area contributed by atoms with E-state index in [4.69, 9.17) is 34.9 Å². The average molecular weight is 375 g/mol. The van der Waals surface area contributed by atoms with Crippen molar-refractivity contribution in [3.05, 3.63) is 35.2 Å². The minimum atomic E-state index is -4.92. The first-order chi connectivity index (χ1) is 10.3. The first-order valence-electron chi connectivity index (χ1n) is 5.60. The number of rotatable bonds is 1. The van der Waals surface area contributed by atoms with Crippen LogP contribution < -0.4 is 10.3 Å². The minimum absolute atomic E-state index is 0.166. The zero-order valence-electron chi connectivity index (χ0n) is 11.3. The van der Waals surface area contributed by atoms with Gasteiger partial charge in [0.2, 0.25) is 10.4 Å². The van der Waals surface area contributed by atoms with E-state index in [0.29, 0.717) is 10.6 Å². The van der Waals surface area contributed by atoms with Crippen molar-refractivity contribution < 1.29 is 39.7 Å². The Morgan fingerprint density at radius 1 is 1.30 bits per heavy atom. The molecule has 1 aromatic heterocycles. The first kappa shape index (κ1) is 19.2. The van der Waals surface area contributed by atoms with Gasteiger partial charge in [-0.25, -0.2) is 8.42 Å². The van der Waals surface area contributed by atoms with Crippen LogP contribution in [0.25, 0.3) is 11.3 Å². The number of halogens is 4. The summed E-state index contributed by atoms with van der Waals surface area (Å²) < 4.78 is 76.2. The second-order valence-corrected chi connectivity index (χ2v) is 5.40. The molecular formula is C11H10ClF3N2O5S. The van der Waals surface area contributed by atoms with Crippen LogP contribution in [0.15, 0.2) is 28.7 Å². The van der Waals surface area contributed by atoms with Gasteiger partial charge < -0.3 is 14.7 Å². The van der Waals surface area contributed by atoms with Crippen molar-refractivity contribution >= 4 is 27.9 Å². The van der Waals surface area contributed by atoms with Crippen LogP contribution >= 0.6 is 11.6 Å². The van der Waals surface area contributed by atoms with Crippen molar-refractivity contribution in [2.45, 2.75) is 6.18 Å². The summed E-state index contributed by atoms with van der Waals surface area (Å²) >= 11 is 5.72. The van der Waals surface area contributed by atoms with E-state index < -0.39 is 22.5 Å². The Hall–Kier alpha value is -1.82. The Balaban J connectivity index is 0.000000463. The molecule has 1 aromatic carbocycles. The monoisotopic (exact) mass is 374 g/mol. The summed E-state index contributed by atoms with van der Waals surface area (Å²) in [6, 6.07) is 6.28. The smallest absolute Gasteiger partial charge is 0.517 e. The maximum absolute atomic E-state index is 12.6. The van der Waals surface area contributed by atoms with Crippen molar-refractivity contribution in [2.24, 2.45) is 7.05 Å². The van der Waals surface area contributed by atoms with Gasteiger partial charge in [-0.2, -0.15) is 17.7 Å². The predicted molar refractivity (Wildman–Crippen MR) is 72.1 cm³/mol. The number of hydrogen-bond donors (Lipinski definition) is 2. The molecule has 7 nitrogen and oxygen atoms in total. The lowest BCUT2D eigenvalue weighted by molar-refractivity contribution is -0.685. The van der Waals surface area contributed by atoms with Crippen LogP contribution in [0.4, 0.5) is 19.1 Å². The third-order valence-electron chi connectivity index (χ3n) is 2.44. The number of nitrogens with two attached hydrogens (primary N) is 1. The molecule has 0 saturated carbocycles. The van der Waals surface area contributed by atoms with Crippen molar-refractivity contribution in [1.29, 1.82) is 0 Å². The highest BCUT2D eigenvalue weighted by Crippen LogP contribution is 2.33. The van der Waals surface area contributed by atoms with Gasteiger partial charge in [-0.1, -0.05) is 11.6 Å². The Bertz CT molecular complexity index is 779. The fourth-order valence-corrected chi connectivity index (χ4v) is 1.81. The van der Waals surface area contributed by atoms with Gasteiger partial charge in [0.15, 0.2) is 0 Å². The van der Waals surface area contributed by atoms with Gasteiger partial charge in [0, 0.05) is 5.02 Å². The van der Waals surface area contributed by atoms with Crippen molar-refractivity contribution in [3.63, 3.8) is 0 Å². The second-order valence-electron chi connectivity index (χ2n) is 4.11. The lowest BCUT2D eigenvalue weighted by atomic mass is 10.1. The number of benzene rings is 1. The third kappa shape index (κ3) is 5.71. The topological polar surface area (TPSA) is 120 Å². The molecule has 0 fully saturated rings. The molecule has 2 aromatic rings. The van der Waals surface area contributed by atoms with E-state index in [1.807, 2.05) is 0 Å². The summed E-state index contributed by atoms with van der Waals surface area (Å²) in [4.78, 5) is 0. The van der Waals surface area contributed by atoms with Gasteiger partial charge in [0.25, 0.3) is 11.6 Å². The molecule has 23 heavy (non-hydrogen) atoms. The summed E-state index contributed by atoms with van der Waals surface area (Å²) in [5.41, 5.74) is 6.15. The summed E-state index contributed by atoms with van der Waals surface area (Å²) in [6.45, 7) is 0. The van der Waals surface area contributed by atoms with Crippen LogP contribution in [0, 0.1) is 0 Å². The van der Waals surface area contributed by atoms with Gasteiger partial charge in [0.05, 0.1) is 5.56 Å². The van der Waals surface area contributed by atoms with Crippen molar-refractivity contribution in [2.75, 3.05) is 5.73 Å². The summed E-state index contributed by atoms with van der Waals surface area (Å²) in [6.07, 6.45) is -4.59. The van der Waals surface area contributed by atoms with E-state index in [1.165, 1.54) is 7.05 Å². The van der Waals surface area contributed by atoms with E-state index in [9.17, 15) is 13.2 Å². The molecule has 0 aliphatic carbocycles. The molecule has 0 radical (unpaired) electrons. The number of alkyl halides is 3. The number of nitrogens with zero attached hydrogens (tertiary/aromatic N) is 1. The van der Waals surface area contributed by atoms with Gasteiger partial charge in [0.1, 0.15) is 7.05 Å². The largest absolute Gasteiger partial charge is 0.726 e. The number of hydrogen-bond acceptors (Lipinski definition) is 5. The summed E-state index contributed by atoms with van der Waals surface area (Å²) in [7, 11) is -3.67. The number of aromatic nitrogens is 1. The molecule has 0 spiro atoms. The van der Waals surface area contributed by atoms with Crippen LogP contribution in [0.3, 0.4) is 0 Å². The van der Waals surface area contributed by atoms with Gasteiger partial charge in [-0.05, 0) is 24.3 Å². The Kier molecular flexibility index (Phi) is 5.64. The van der Waals surface area contributed by atoms with Gasteiger partial charge in [-0.3, -0.25) is 4.55 Å². The molecule has 0 unspecified atom stereocenters. The van der Waals surface area contributed by atoms with E-state index in [0.717, 1.165) is 4.57 Å². The van der Waals surface area contributed by atoms with Crippen LogP contribution in [0.5, 0.6) is 0 Å². The molecule has 0 aliphatic rings. The van der Waals surface area contributed by atoms with Crippen LogP contribution in [0.1, 0.15) is 5.89 Å². The molecule has 0 saturated heterocycles. The minimum Gasteiger partial charge on any atom is -0.726 e. The Labute approximate surface area is 133 Å². The number of nitrogen functional groups attached to an aromatic ring is 1. The van der Waals surface area contributed by atoms with Gasteiger partial charge in [-0.15, -0.1) is 0 Å². The Morgan fingerprint density at radius 2 is 1.74 bits per heavy atom. The van der Waals surface area contributed by atoms with Crippen LogP contribution in [0.2, 0.25) is 5.02 Å². The fraction of sp³-hybridized carbons (Fsp3) is 0.182. The van der Waals surface area contributed by atoms with E-state index in [2.05, 4.69) is 4.42 Å². The highest BCUT2D eigenvalue weighted by atomic mass is 35.5. The summed E-state index contributed by atoms with van der Waals surface area (Å²) in [5, 5.41) is 0.486. The standard InChI is InChI=1S/C11H9ClF3N2O.H2O4S/c1-17-8(6-2-4-7(12)5-3-6)9(16)18-10(17)11(13,14)15;1-5(2,3)4/h2-5H,16H2,1H3;(H2,1,2,3,4)/q+1;/p-1. The fourth-order valence-electron chi connectivity index (χ4n) is 1.68. The lowest BCUT2D eigenvalue weighted by Gasteiger charge is -1.98. The average Bonchev–Trinajstić information content (AvgIpc) is 2.64. The molecule has 12 heteroatoms. The highest BCUT2D eigenvalue weighted by Gasteiger charge is 2.47. The molecule has 0 aliphatic heterocycles. The molecule has 128 valence electrons. The maximum atomic E-state index is 12.6. The number of oxazole rings is 1. The summed E-state index contributed by atoms with van der Waals surface area (Å²) in [5.74, 6) is -1.43. The van der Waals surface area contributed by atoms with Crippen molar-refractivity contribution in [1.82, 2.24) is 0 Å². The SMILES string of the molecule is C[n+]1c(C(F)(F)F)oc(N)c1-c1ccc(Cl)cc1.O=S(=O)([O-])O. The molecule has 2 rings (SSSR count). The highest BCUT2D eigenvalue weighted by molar-refractivity contribution is 7.79. The van der Waals surface area contributed by atoms with Crippen LogP contribution in [-0.4, -0.2) is 17.5 Å². The van der Waals surface area contributed by atoms with Crippen LogP contribution in [-0.2, 0) is 23.6 Å². The van der Waals surface area contributed by atoms with E-state index in [1.54, 1.807) is 24.3 Å². The van der Waals surface area contributed by atoms with E-state index >= 15 is 0 Å². The second kappa shape index (κ2) is 6.74. The molecule has 3 N–H and O–H groups in total. The predicted octanol–water partition coefficient (Wildman–Crippen LogP) is 2.03. The first-order valence-corrected chi connectivity index (χ1v) is 7.34. The molecular weight excluding hydrogens is 365 g/mol. The quantitative estimate of drug-likeness (QED) is 0.447. The maximum Gasteiger partial charge on any atom is 0.517 e. The third-order valence-corrected chi connectivity index (χ3v) is 2.69. The Morgan fingerprint density at radius 3 is 2.09 bits per heavy atom. The molecule has 0 atom stereocenters. The number of anilines is 1. The normalized spacial score (nSPS) is 11.8. The zero-order chi connectivity index (χ0) is 18.0. The molecule has 0 bridgehead atoms. The zero-order valence-corrected chi connectivity index (χ0v) is 12.9. The van der Waals surface area contributed by atoms with E-state index in [-0.39, 0.29) is 11.6 Å². The van der Waals surface area contributed by atoms with Crippen molar-refractivity contribution in [3.8, 4) is 11.3 Å².